The molecule has 2 amide bonds. The minimum absolute atomic E-state index is 0.241. The quantitative estimate of drug-likeness (QED) is 0.716. The number of aromatic amines is 1. The topological polar surface area (TPSA) is 111 Å². The van der Waals surface area contributed by atoms with Gasteiger partial charge in [0.25, 0.3) is 0 Å². The first kappa shape index (κ1) is 18.8. The molecule has 0 bridgehead atoms. The molecule has 2 aromatic rings. The number of amides is 2. The van der Waals surface area contributed by atoms with Crippen LogP contribution in [0.3, 0.4) is 0 Å². The fraction of sp³-hybridized carbons (Fsp3) is 0.333. The molecule has 28 heavy (non-hydrogen) atoms. The van der Waals surface area contributed by atoms with Crippen LogP contribution in [0.4, 0.5) is 5.69 Å². The number of hydrogen-bond acceptors (Lipinski definition) is 7. The lowest BCUT2D eigenvalue weighted by Crippen LogP contribution is -2.36. The second kappa shape index (κ2) is 6.78. The number of hydrogen-bond donors (Lipinski definition) is 2. The smallest absolute Gasteiger partial charge is 0.323 e. The Hall–Kier alpha value is -2.59. The molecular formula is C18H17N3O5S2. The van der Waals surface area contributed by atoms with Gasteiger partial charge in [-0.15, -0.1) is 0 Å². The van der Waals surface area contributed by atoms with Crippen molar-refractivity contribution >= 4 is 46.6 Å². The number of imide groups is 1. The summed E-state index contributed by atoms with van der Waals surface area (Å²) in [7, 11) is 3.84. The molecule has 3 heterocycles. The highest BCUT2D eigenvalue weighted by atomic mass is 32.2. The van der Waals surface area contributed by atoms with Crippen molar-refractivity contribution in [1.29, 1.82) is 0 Å². The van der Waals surface area contributed by atoms with E-state index in [2.05, 4.69) is 4.98 Å². The largest absolute Gasteiger partial charge is 0.480 e. The molecule has 2 unspecified atom stereocenters. The third-order valence-electron chi connectivity index (χ3n) is 4.98. The Bertz CT molecular complexity index is 1030. The van der Waals surface area contributed by atoms with E-state index in [1.54, 1.807) is 0 Å². The zero-order valence-corrected chi connectivity index (χ0v) is 16.7. The molecule has 1 aromatic carbocycles. The Balaban J connectivity index is 1.82. The van der Waals surface area contributed by atoms with Gasteiger partial charge in [-0.2, -0.15) is 0 Å². The summed E-state index contributed by atoms with van der Waals surface area (Å²) >= 11 is 2.17. The number of carboxylic acid groups (broad SMARTS) is 1. The van der Waals surface area contributed by atoms with E-state index in [4.69, 9.17) is 5.11 Å². The number of carboxylic acids is 1. The summed E-state index contributed by atoms with van der Waals surface area (Å²) in [4.78, 5) is 54.8. The number of aromatic nitrogens is 1. The summed E-state index contributed by atoms with van der Waals surface area (Å²) in [6, 6.07) is 7.60. The number of H-pyrrole nitrogens is 1. The zero-order chi connectivity index (χ0) is 20.2. The molecule has 0 radical (unpaired) electrons. The molecule has 1 aromatic heterocycles. The van der Waals surface area contributed by atoms with Crippen LogP contribution in [0.5, 0.6) is 0 Å². The number of nitrogens with one attached hydrogen (secondary N) is 1. The maximum Gasteiger partial charge on any atom is 0.323 e. The van der Waals surface area contributed by atoms with E-state index >= 15 is 0 Å². The Labute approximate surface area is 168 Å². The zero-order valence-electron chi connectivity index (χ0n) is 15.0. The second-order valence-corrected chi connectivity index (χ2v) is 9.06. The van der Waals surface area contributed by atoms with Gasteiger partial charge in [-0.3, -0.25) is 24.1 Å². The summed E-state index contributed by atoms with van der Waals surface area (Å²) in [5, 5.41) is 8.91. The molecule has 1 saturated heterocycles. The van der Waals surface area contributed by atoms with E-state index < -0.39 is 41.4 Å². The number of nitrogens with zero attached hydrogens (tertiary/aromatic N) is 2. The average Bonchev–Trinajstić information content (AvgIpc) is 3.12. The first-order valence-corrected chi connectivity index (χ1v) is 10.2. The molecule has 1 fully saturated rings. The van der Waals surface area contributed by atoms with Gasteiger partial charge in [0.05, 0.1) is 10.9 Å². The van der Waals surface area contributed by atoms with E-state index in [-0.39, 0.29) is 4.87 Å². The van der Waals surface area contributed by atoms with Crippen LogP contribution >= 0.6 is 23.1 Å². The Morgan fingerprint density at radius 1 is 1.18 bits per heavy atom. The van der Waals surface area contributed by atoms with Crippen LogP contribution in [-0.4, -0.2) is 58.7 Å². The van der Waals surface area contributed by atoms with Crippen molar-refractivity contribution in [2.24, 2.45) is 5.92 Å². The van der Waals surface area contributed by atoms with E-state index in [1.165, 1.54) is 0 Å². The van der Waals surface area contributed by atoms with Crippen LogP contribution < -0.4 is 9.77 Å². The van der Waals surface area contributed by atoms with Crippen molar-refractivity contribution in [3.63, 3.8) is 0 Å². The van der Waals surface area contributed by atoms with Crippen LogP contribution in [0, 0.1) is 5.92 Å². The SMILES string of the molecule is CN(C)c1ccc([C@@H]2c3sc(=O)[nH]c3SC3C(=O)N(CC(=O)O)C(=O)C32)cc1. The van der Waals surface area contributed by atoms with E-state index in [0.717, 1.165) is 39.2 Å². The third-order valence-corrected chi connectivity index (χ3v) is 7.38. The predicted octanol–water partition coefficient (Wildman–Crippen LogP) is 1.18. The van der Waals surface area contributed by atoms with Crippen molar-refractivity contribution in [3.05, 3.63) is 44.4 Å². The summed E-state index contributed by atoms with van der Waals surface area (Å²) in [5.74, 6) is -3.47. The molecule has 3 atom stereocenters. The minimum atomic E-state index is -1.24. The lowest BCUT2D eigenvalue weighted by atomic mass is 9.83. The number of carbonyl (C=O) groups is 3. The van der Waals surface area contributed by atoms with Crippen molar-refractivity contribution in [2.45, 2.75) is 16.2 Å². The van der Waals surface area contributed by atoms with Gasteiger partial charge in [0.2, 0.25) is 11.8 Å². The Morgan fingerprint density at radius 2 is 1.86 bits per heavy atom. The number of likely N-dealkylation sites (tertiary alicyclic amines) is 1. The number of rotatable bonds is 4. The number of aliphatic carboxylic acids is 1. The standard InChI is InChI=1S/C18H17N3O5S2/c1-20(2)9-5-3-8(4-6-9)11-12-14(27-15-13(11)28-18(26)19-15)17(25)21(16(12)24)7-10(22)23/h3-6,11-12,14H,7H2,1-2H3,(H,19,26)(H,22,23)/t11-,12?,14?/m0/s1. The van der Waals surface area contributed by atoms with Gasteiger partial charge in [0.1, 0.15) is 11.8 Å². The Kier molecular flexibility index (Phi) is 4.54. The number of carbonyl (C=O) groups excluding carboxylic acids is 2. The molecule has 0 saturated carbocycles. The normalized spacial score (nSPS) is 23.5. The number of thiazole rings is 1. The van der Waals surface area contributed by atoms with Gasteiger partial charge in [0.15, 0.2) is 0 Å². The Morgan fingerprint density at radius 3 is 2.46 bits per heavy atom. The van der Waals surface area contributed by atoms with Gasteiger partial charge in [-0.25, -0.2) is 0 Å². The van der Waals surface area contributed by atoms with E-state index in [0.29, 0.717) is 9.90 Å². The molecule has 10 heteroatoms. The summed E-state index contributed by atoms with van der Waals surface area (Å²) in [5.41, 5.74) is 1.80. The maximum atomic E-state index is 13.0. The van der Waals surface area contributed by atoms with Gasteiger partial charge < -0.3 is 15.0 Å². The van der Waals surface area contributed by atoms with Gasteiger partial charge in [-0.1, -0.05) is 35.2 Å². The average molecular weight is 419 g/mol. The number of thioether (sulfide) groups is 1. The van der Waals surface area contributed by atoms with E-state index in [1.807, 2.05) is 43.3 Å². The lowest BCUT2D eigenvalue weighted by Gasteiger charge is -2.30. The van der Waals surface area contributed by atoms with Gasteiger partial charge in [-0.05, 0) is 17.7 Å². The van der Waals surface area contributed by atoms with Crippen molar-refractivity contribution in [3.8, 4) is 0 Å². The van der Waals surface area contributed by atoms with Crippen LogP contribution in [0.25, 0.3) is 0 Å². The maximum absolute atomic E-state index is 13.0. The minimum Gasteiger partial charge on any atom is -0.480 e. The molecule has 2 aliphatic rings. The molecule has 4 rings (SSSR count). The first-order chi connectivity index (χ1) is 13.3. The third kappa shape index (κ3) is 2.92. The first-order valence-electron chi connectivity index (χ1n) is 8.52. The van der Waals surface area contributed by atoms with Crippen molar-refractivity contribution < 1.29 is 19.5 Å². The van der Waals surface area contributed by atoms with Gasteiger partial charge in [0, 0.05) is 30.6 Å². The molecule has 146 valence electrons. The predicted molar refractivity (Wildman–Crippen MR) is 105 cm³/mol. The van der Waals surface area contributed by atoms with Crippen molar-refractivity contribution in [1.82, 2.24) is 9.88 Å². The highest BCUT2D eigenvalue weighted by molar-refractivity contribution is 8.00. The molecule has 0 aliphatic carbocycles. The molecule has 2 N–H and O–H groups in total. The number of benzene rings is 1. The molecule has 0 spiro atoms. The van der Waals surface area contributed by atoms with Crippen LogP contribution in [0.15, 0.2) is 34.1 Å². The monoisotopic (exact) mass is 419 g/mol. The number of fused-ring (bicyclic) bond motifs is 2. The van der Waals surface area contributed by atoms with Crippen LogP contribution in [0.2, 0.25) is 0 Å². The number of anilines is 1. The van der Waals surface area contributed by atoms with Crippen LogP contribution in [0.1, 0.15) is 16.4 Å². The highest BCUT2D eigenvalue weighted by Gasteiger charge is 2.56. The lowest BCUT2D eigenvalue weighted by molar-refractivity contribution is -0.149. The highest BCUT2D eigenvalue weighted by Crippen LogP contribution is 2.52. The summed E-state index contributed by atoms with van der Waals surface area (Å²) in [6.07, 6.45) is 0. The summed E-state index contributed by atoms with van der Waals surface area (Å²) < 4.78 is 0. The molecule has 8 nitrogen and oxygen atoms in total. The van der Waals surface area contributed by atoms with Crippen molar-refractivity contribution in [2.75, 3.05) is 25.5 Å². The van der Waals surface area contributed by atoms with Gasteiger partial charge >= 0.3 is 10.8 Å². The van der Waals surface area contributed by atoms with E-state index in [9.17, 15) is 19.2 Å². The van der Waals surface area contributed by atoms with Crippen LogP contribution in [-0.2, 0) is 14.4 Å². The molecular weight excluding hydrogens is 402 g/mol. The fourth-order valence-corrected chi connectivity index (χ4v) is 6.24. The second-order valence-electron chi connectivity index (χ2n) is 6.89. The fourth-order valence-electron chi connectivity index (χ4n) is 3.70. The summed E-state index contributed by atoms with van der Waals surface area (Å²) in [6.45, 7) is -0.651. The molecule has 2 aliphatic heterocycles.